The van der Waals surface area contributed by atoms with Gasteiger partial charge in [0.25, 0.3) is 0 Å². The van der Waals surface area contributed by atoms with Crippen molar-refractivity contribution in [3.63, 3.8) is 0 Å². The predicted octanol–water partition coefficient (Wildman–Crippen LogP) is 1.70. The number of hydrogen-bond donors (Lipinski definition) is 2. The first-order valence-electron chi connectivity index (χ1n) is 7.64. The van der Waals surface area contributed by atoms with E-state index in [1.165, 1.54) is 12.1 Å². The summed E-state index contributed by atoms with van der Waals surface area (Å²) in [6.07, 6.45) is 3.30. The van der Waals surface area contributed by atoms with Gasteiger partial charge >= 0.3 is 0 Å². The van der Waals surface area contributed by atoms with Crippen LogP contribution in [0.25, 0.3) is 0 Å². The fourth-order valence-electron chi connectivity index (χ4n) is 2.13. The van der Waals surface area contributed by atoms with E-state index in [0.717, 1.165) is 5.56 Å². The lowest BCUT2D eigenvalue weighted by atomic mass is 10.0. The number of carbonyl (C=O) groups excluding carboxylic acids is 1. The quantitative estimate of drug-likeness (QED) is 0.798. The van der Waals surface area contributed by atoms with Crippen molar-refractivity contribution in [1.82, 2.24) is 15.0 Å². The molecule has 1 amide bonds. The standard InChI is InChI=1S/C17H21N3O3S/c1-13(2)16(17(21)19-12-14-7-6-10-18-11-14)20-24(22,23)15-8-4-3-5-9-15/h3-11,13,16,20H,12H2,1-2H3,(H,19,21)/t16-/m0/s1. The third-order valence-electron chi connectivity index (χ3n) is 3.47. The number of hydrogen-bond acceptors (Lipinski definition) is 4. The Morgan fingerprint density at radius 3 is 2.42 bits per heavy atom. The Balaban J connectivity index is 2.07. The van der Waals surface area contributed by atoms with Crippen molar-refractivity contribution < 1.29 is 13.2 Å². The normalized spacial score (nSPS) is 12.8. The average Bonchev–Trinajstić information content (AvgIpc) is 2.59. The summed E-state index contributed by atoms with van der Waals surface area (Å²) in [5, 5.41) is 2.75. The molecule has 0 fully saturated rings. The Labute approximate surface area is 142 Å². The van der Waals surface area contributed by atoms with E-state index in [4.69, 9.17) is 0 Å². The van der Waals surface area contributed by atoms with Crippen molar-refractivity contribution in [2.24, 2.45) is 5.92 Å². The van der Waals surface area contributed by atoms with Gasteiger partial charge in [0, 0.05) is 18.9 Å². The van der Waals surface area contributed by atoms with Crippen LogP contribution in [0.1, 0.15) is 19.4 Å². The molecule has 0 radical (unpaired) electrons. The first-order valence-corrected chi connectivity index (χ1v) is 9.12. The molecule has 6 nitrogen and oxygen atoms in total. The summed E-state index contributed by atoms with van der Waals surface area (Å²) < 4.78 is 27.3. The molecule has 0 aliphatic heterocycles. The highest BCUT2D eigenvalue weighted by Gasteiger charge is 2.28. The lowest BCUT2D eigenvalue weighted by molar-refractivity contribution is -0.123. The summed E-state index contributed by atoms with van der Waals surface area (Å²) >= 11 is 0. The smallest absolute Gasteiger partial charge is 0.241 e. The molecule has 7 heteroatoms. The molecular formula is C17H21N3O3S. The number of amides is 1. The van der Waals surface area contributed by atoms with Gasteiger partial charge in [-0.2, -0.15) is 4.72 Å². The van der Waals surface area contributed by atoms with Gasteiger partial charge < -0.3 is 5.32 Å². The molecule has 1 heterocycles. The van der Waals surface area contributed by atoms with Crippen molar-refractivity contribution in [2.45, 2.75) is 31.3 Å². The number of aromatic nitrogens is 1. The van der Waals surface area contributed by atoms with Crippen LogP contribution in [0.2, 0.25) is 0 Å². The minimum Gasteiger partial charge on any atom is -0.351 e. The Hall–Kier alpha value is -2.25. The highest BCUT2D eigenvalue weighted by molar-refractivity contribution is 7.89. The summed E-state index contributed by atoms with van der Waals surface area (Å²) in [7, 11) is -3.76. The largest absolute Gasteiger partial charge is 0.351 e. The maximum absolute atomic E-state index is 12.4. The fraction of sp³-hybridized carbons (Fsp3) is 0.294. The van der Waals surface area contributed by atoms with Crippen LogP contribution in [-0.2, 0) is 21.4 Å². The SMILES string of the molecule is CC(C)[C@H](NS(=O)(=O)c1ccccc1)C(=O)NCc1cccnc1. The van der Waals surface area contributed by atoms with E-state index in [2.05, 4.69) is 15.0 Å². The van der Waals surface area contributed by atoms with Gasteiger partial charge in [0.05, 0.1) is 4.90 Å². The third-order valence-corrected chi connectivity index (χ3v) is 4.93. The Morgan fingerprint density at radius 1 is 1.12 bits per heavy atom. The van der Waals surface area contributed by atoms with Crippen LogP contribution in [0.5, 0.6) is 0 Å². The average molecular weight is 347 g/mol. The summed E-state index contributed by atoms with van der Waals surface area (Å²) in [5.41, 5.74) is 0.847. The lowest BCUT2D eigenvalue weighted by Gasteiger charge is -2.21. The second kappa shape index (κ2) is 8.03. The van der Waals surface area contributed by atoms with Crippen molar-refractivity contribution in [3.05, 3.63) is 60.4 Å². The van der Waals surface area contributed by atoms with E-state index in [1.54, 1.807) is 50.5 Å². The van der Waals surface area contributed by atoms with Crippen LogP contribution in [0.15, 0.2) is 59.8 Å². The summed E-state index contributed by atoms with van der Waals surface area (Å²) in [6.45, 7) is 3.88. The maximum atomic E-state index is 12.4. The van der Waals surface area contributed by atoms with Crippen LogP contribution >= 0.6 is 0 Å². The summed E-state index contributed by atoms with van der Waals surface area (Å²) in [4.78, 5) is 16.5. The van der Waals surface area contributed by atoms with Gasteiger partial charge in [-0.05, 0) is 29.7 Å². The highest BCUT2D eigenvalue weighted by Crippen LogP contribution is 2.11. The van der Waals surface area contributed by atoms with E-state index in [9.17, 15) is 13.2 Å². The zero-order valence-electron chi connectivity index (χ0n) is 13.6. The molecule has 24 heavy (non-hydrogen) atoms. The van der Waals surface area contributed by atoms with Crippen molar-refractivity contribution in [1.29, 1.82) is 0 Å². The molecule has 2 aromatic rings. The van der Waals surface area contributed by atoms with Gasteiger partial charge in [-0.25, -0.2) is 8.42 Å². The number of rotatable bonds is 7. The molecule has 0 aliphatic carbocycles. The van der Waals surface area contributed by atoms with Gasteiger partial charge in [-0.3, -0.25) is 9.78 Å². The van der Waals surface area contributed by atoms with Crippen molar-refractivity contribution in [2.75, 3.05) is 0 Å². The maximum Gasteiger partial charge on any atom is 0.241 e. The van der Waals surface area contributed by atoms with Crippen molar-refractivity contribution in [3.8, 4) is 0 Å². The van der Waals surface area contributed by atoms with Crippen LogP contribution in [0, 0.1) is 5.92 Å². The molecule has 0 saturated carbocycles. The molecule has 128 valence electrons. The molecule has 0 unspecified atom stereocenters. The second-order valence-electron chi connectivity index (χ2n) is 5.74. The van der Waals surface area contributed by atoms with Gasteiger partial charge in [-0.15, -0.1) is 0 Å². The number of pyridine rings is 1. The van der Waals surface area contributed by atoms with Crippen LogP contribution in [-0.4, -0.2) is 25.4 Å². The monoisotopic (exact) mass is 347 g/mol. The van der Waals surface area contributed by atoms with Gasteiger partial charge in [-0.1, -0.05) is 38.1 Å². The molecule has 0 bridgehead atoms. The number of sulfonamides is 1. The zero-order valence-corrected chi connectivity index (χ0v) is 14.5. The highest BCUT2D eigenvalue weighted by atomic mass is 32.2. The molecular weight excluding hydrogens is 326 g/mol. The number of nitrogens with zero attached hydrogens (tertiary/aromatic N) is 1. The van der Waals surface area contributed by atoms with Crippen LogP contribution in [0.4, 0.5) is 0 Å². The molecule has 2 rings (SSSR count). The molecule has 2 N–H and O–H groups in total. The predicted molar refractivity (Wildman–Crippen MR) is 91.5 cm³/mol. The topological polar surface area (TPSA) is 88.2 Å². The molecule has 1 atom stereocenters. The van der Waals surface area contributed by atoms with E-state index in [-0.39, 0.29) is 16.7 Å². The van der Waals surface area contributed by atoms with Crippen LogP contribution < -0.4 is 10.0 Å². The third kappa shape index (κ3) is 4.87. The molecule has 0 saturated heterocycles. The fourth-order valence-corrected chi connectivity index (χ4v) is 3.49. The molecule has 0 aliphatic rings. The summed E-state index contributed by atoms with van der Waals surface area (Å²) in [5.74, 6) is -0.564. The van der Waals surface area contributed by atoms with Gasteiger partial charge in [0.15, 0.2) is 0 Å². The Kier molecular flexibility index (Phi) is 6.05. The minimum absolute atomic E-state index is 0.135. The van der Waals surface area contributed by atoms with E-state index < -0.39 is 16.1 Å². The zero-order chi connectivity index (χ0) is 17.6. The van der Waals surface area contributed by atoms with Crippen LogP contribution in [0.3, 0.4) is 0 Å². The lowest BCUT2D eigenvalue weighted by Crippen LogP contribution is -2.49. The molecule has 1 aromatic carbocycles. The molecule has 1 aromatic heterocycles. The van der Waals surface area contributed by atoms with Gasteiger partial charge in [0.1, 0.15) is 6.04 Å². The van der Waals surface area contributed by atoms with Crippen molar-refractivity contribution >= 4 is 15.9 Å². The molecule has 0 spiro atoms. The number of nitrogens with one attached hydrogen (secondary N) is 2. The first-order chi connectivity index (χ1) is 11.4. The second-order valence-corrected chi connectivity index (χ2v) is 7.45. The van der Waals surface area contributed by atoms with Gasteiger partial charge in [0.2, 0.25) is 15.9 Å². The number of benzene rings is 1. The van der Waals surface area contributed by atoms with E-state index >= 15 is 0 Å². The first kappa shape index (κ1) is 18.1. The number of carbonyl (C=O) groups is 1. The summed E-state index contributed by atoms with van der Waals surface area (Å²) in [6, 6.07) is 10.8. The minimum atomic E-state index is -3.76. The Morgan fingerprint density at radius 2 is 1.83 bits per heavy atom. The van der Waals surface area contributed by atoms with E-state index in [0.29, 0.717) is 6.54 Å². The Bertz CT molecular complexity index is 762. The van der Waals surface area contributed by atoms with E-state index in [1.807, 2.05) is 6.07 Å².